The summed E-state index contributed by atoms with van der Waals surface area (Å²) in [4.78, 5) is 26.6. The third-order valence-electron chi connectivity index (χ3n) is 6.10. The number of para-hydroxylation sites is 1. The molecule has 0 aromatic heterocycles. The van der Waals surface area contributed by atoms with E-state index in [0.29, 0.717) is 18.6 Å². The number of Topliss-reactive ketones (excluding diaryl/α,β-unsaturated/α-hetero) is 1. The summed E-state index contributed by atoms with van der Waals surface area (Å²) in [5.74, 6) is 0.317. The molecule has 5 heteroatoms. The Hall–Kier alpha value is -3.34. The van der Waals surface area contributed by atoms with E-state index in [2.05, 4.69) is 17.6 Å². The minimum absolute atomic E-state index is 0.115. The maximum absolute atomic E-state index is 13.5. The Morgan fingerprint density at radius 1 is 1.09 bits per heavy atom. The number of benzene rings is 2. The molecule has 4 rings (SSSR count). The first-order chi connectivity index (χ1) is 15.5. The number of ketones is 1. The number of carbonyl (C=O) groups excluding carboxylic acids is 2. The first-order valence-electron chi connectivity index (χ1n) is 11.3. The number of amides is 1. The summed E-state index contributed by atoms with van der Waals surface area (Å²) < 4.78 is 5.73. The summed E-state index contributed by atoms with van der Waals surface area (Å²) in [5.41, 5.74) is 5.74. The van der Waals surface area contributed by atoms with Crippen LogP contribution in [0.3, 0.4) is 0 Å². The molecule has 2 aliphatic rings. The van der Waals surface area contributed by atoms with Crippen molar-refractivity contribution in [3.05, 3.63) is 82.2 Å². The SMILES string of the molecule is CCCOc1ccc(C2C(C(=O)Nc3ccccc3C)=C(C)NC3=C2C(=O)CCC3)cc1. The van der Waals surface area contributed by atoms with Crippen LogP contribution in [0.25, 0.3) is 0 Å². The number of aryl methyl sites for hydroxylation is 1. The summed E-state index contributed by atoms with van der Waals surface area (Å²) in [6.45, 7) is 6.61. The van der Waals surface area contributed by atoms with Crippen LogP contribution in [0.5, 0.6) is 5.75 Å². The van der Waals surface area contributed by atoms with Gasteiger partial charge in [-0.3, -0.25) is 9.59 Å². The fourth-order valence-corrected chi connectivity index (χ4v) is 4.50. The van der Waals surface area contributed by atoms with Gasteiger partial charge in [0.1, 0.15) is 5.75 Å². The molecule has 5 nitrogen and oxygen atoms in total. The minimum Gasteiger partial charge on any atom is -0.494 e. The lowest BCUT2D eigenvalue weighted by Crippen LogP contribution is -2.35. The van der Waals surface area contributed by atoms with Gasteiger partial charge in [0.05, 0.1) is 6.61 Å². The summed E-state index contributed by atoms with van der Waals surface area (Å²) in [5, 5.41) is 6.44. The standard InChI is InChI=1S/C27H30N2O3/c1-4-16-32-20-14-12-19(13-15-20)25-24(27(31)29-21-9-6-5-8-17(21)2)18(3)28-22-10-7-11-23(30)26(22)25/h5-6,8-9,12-15,25,28H,4,7,10-11,16H2,1-3H3,(H,29,31). The predicted molar refractivity (Wildman–Crippen MR) is 126 cm³/mol. The third-order valence-corrected chi connectivity index (χ3v) is 6.10. The van der Waals surface area contributed by atoms with E-state index in [1.54, 1.807) is 0 Å². The number of rotatable bonds is 6. The summed E-state index contributed by atoms with van der Waals surface area (Å²) >= 11 is 0. The Morgan fingerprint density at radius 3 is 2.56 bits per heavy atom. The quantitative estimate of drug-likeness (QED) is 0.645. The molecule has 2 aromatic carbocycles. The van der Waals surface area contributed by atoms with Gasteiger partial charge in [-0.2, -0.15) is 0 Å². The molecule has 1 aliphatic carbocycles. The first-order valence-corrected chi connectivity index (χ1v) is 11.3. The zero-order chi connectivity index (χ0) is 22.7. The van der Waals surface area contributed by atoms with Crippen molar-refractivity contribution in [2.24, 2.45) is 0 Å². The highest BCUT2D eigenvalue weighted by Gasteiger charge is 2.38. The molecule has 0 spiro atoms. The Balaban J connectivity index is 1.74. The van der Waals surface area contributed by atoms with Gasteiger partial charge in [0, 0.05) is 40.6 Å². The van der Waals surface area contributed by atoms with E-state index in [-0.39, 0.29) is 11.7 Å². The summed E-state index contributed by atoms with van der Waals surface area (Å²) in [6.07, 6.45) is 3.10. The van der Waals surface area contributed by atoms with Crippen molar-refractivity contribution < 1.29 is 14.3 Å². The second kappa shape index (κ2) is 9.43. The number of dihydropyridines is 1. The van der Waals surface area contributed by atoms with Crippen molar-refractivity contribution in [1.29, 1.82) is 0 Å². The Labute approximate surface area is 189 Å². The molecule has 0 radical (unpaired) electrons. The molecule has 2 N–H and O–H groups in total. The lowest BCUT2D eigenvalue weighted by molar-refractivity contribution is -0.116. The second-order valence-corrected chi connectivity index (χ2v) is 8.45. The number of hydrogen-bond donors (Lipinski definition) is 2. The van der Waals surface area contributed by atoms with Crippen LogP contribution in [0.1, 0.15) is 56.6 Å². The van der Waals surface area contributed by atoms with Crippen LogP contribution in [-0.2, 0) is 9.59 Å². The van der Waals surface area contributed by atoms with E-state index in [1.807, 2.05) is 62.4 Å². The summed E-state index contributed by atoms with van der Waals surface area (Å²) in [6, 6.07) is 15.5. The Morgan fingerprint density at radius 2 is 1.84 bits per heavy atom. The molecule has 1 unspecified atom stereocenters. The summed E-state index contributed by atoms with van der Waals surface area (Å²) in [7, 11) is 0. The molecule has 1 atom stereocenters. The largest absolute Gasteiger partial charge is 0.494 e. The fourth-order valence-electron chi connectivity index (χ4n) is 4.50. The fraction of sp³-hybridized carbons (Fsp3) is 0.333. The molecule has 1 amide bonds. The number of anilines is 1. The van der Waals surface area contributed by atoms with Gasteiger partial charge in [0.2, 0.25) is 0 Å². The highest BCUT2D eigenvalue weighted by molar-refractivity contribution is 6.10. The van der Waals surface area contributed by atoms with Gasteiger partial charge < -0.3 is 15.4 Å². The molecule has 166 valence electrons. The Kier molecular flexibility index (Phi) is 6.45. The monoisotopic (exact) mass is 430 g/mol. The molecular weight excluding hydrogens is 400 g/mol. The zero-order valence-electron chi connectivity index (χ0n) is 19.0. The van der Waals surface area contributed by atoms with Crippen molar-refractivity contribution in [3.63, 3.8) is 0 Å². The van der Waals surface area contributed by atoms with Crippen molar-refractivity contribution in [1.82, 2.24) is 5.32 Å². The minimum atomic E-state index is -0.400. The molecule has 0 saturated carbocycles. The van der Waals surface area contributed by atoms with Crippen molar-refractivity contribution in [2.45, 2.75) is 52.4 Å². The number of allylic oxidation sites excluding steroid dienone is 3. The van der Waals surface area contributed by atoms with Crippen molar-refractivity contribution in [2.75, 3.05) is 11.9 Å². The highest BCUT2D eigenvalue weighted by atomic mass is 16.5. The lowest BCUT2D eigenvalue weighted by Gasteiger charge is -2.34. The highest BCUT2D eigenvalue weighted by Crippen LogP contribution is 2.42. The number of hydrogen-bond acceptors (Lipinski definition) is 4. The topological polar surface area (TPSA) is 67.4 Å². The third kappa shape index (κ3) is 4.33. The Bertz CT molecular complexity index is 1100. The predicted octanol–water partition coefficient (Wildman–Crippen LogP) is 5.39. The number of nitrogens with one attached hydrogen (secondary N) is 2. The normalized spacial score (nSPS) is 18.2. The van der Waals surface area contributed by atoms with Crippen LogP contribution in [0.15, 0.2) is 71.1 Å². The molecule has 2 aromatic rings. The maximum atomic E-state index is 13.5. The van der Waals surface area contributed by atoms with Crippen LogP contribution in [-0.4, -0.2) is 18.3 Å². The number of carbonyl (C=O) groups is 2. The van der Waals surface area contributed by atoms with Crippen LogP contribution in [0, 0.1) is 6.92 Å². The molecule has 0 fully saturated rings. The van der Waals surface area contributed by atoms with E-state index >= 15 is 0 Å². The van der Waals surface area contributed by atoms with Crippen molar-refractivity contribution >= 4 is 17.4 Å². The molecular formula is C27H30N2O3. The van der Waals surface area contributed by atoms with E-state index in [9.17, 15) is 9.59 Å². The molecule has 32 heavy (non-hydrogen) atoms. The molecule has 1 aliphatic heterocycles. The molecule has 1 heterocycles. The van der Waals surface area contributed by atoms with Crippen LogP contribution in [0.4, 0.5) is 5.69 Å². The van der Waals surface area contributed by atoms with Crippen LogP contribution >= 0.6 is 0 Å². The average Bonchev–Trinajstić information content (AvgIpc) is 2.79. The van der Waals surface area contributed by atoms with Gasteiger partial charge in [0.15, 0.2) is 5.78 Å². The van der Waals surface area contributed by atoms with Gasteiger partial charge in [-0.05, 0) is 62.4 Å². The van der Waals surface area contributed by atoms with Gasteiger partial charge in [-0.15, -0.1) is 0 Å². The van der Waals surface area contributed by atoms with E-state index in [0.717, 1.165) is 58.8 Å². The number of ether oxygens (including phenoxy) is 1. The van der Waals surface area contributed by atoms with Crippen molar-refractivity contribution in [3.8, 4) is 5.75 Å². The smallest absolute Gasteiger partial charge is 0.254 e. The van der Waals surface area contributed by atoms with E-state index in [4.69, 9.17) is 4.74 Å². The van der Waals surface area contributed by atoms with E-state index < -0.39 is 5.92 Å². The van der Waals surface area contributed by atoms with Crippen LogP contribution in [0.2, 0.25) is 0 Å². The molecule has 0 bridgehead atoms. The second-order valence-electron chi connectivity index (χ2n) is 8.45. The van der Waals surface area contributed by atoms with Gasteiger partial charge in [-0.25, -0.2) is 0 Å². The van der Waals surface area contributed by atoms with Gasteiger partial charge in [-0.1, -0.05) is 37.3 Å². The first kappa shape index (κ1) is 21.9. The van der Waals surface area contributed by atoms with Crippen LogP contribution < -0.4 is 15.4 Å². The van der Waals surface area contributed by atoms with E-state index in [1.165, 1.54) is 0 Å². The van der Waals surface area contributed by atoms with Gasteiger partial charge >= 0.3 is 0 Å². The lowest BCUT2D eigenvalue weighted by atomic mass is 9.75. The maximum Gasteiger partial charge on any atom is 0.254 e. The zero-order valence-corrected chi connectivity index (χ0v) is 19.0. The van der Waals surface area contributed by atoms with Gasteiger partial charge in [0.25, 0.3) is 5.91 Å². The average molecular weight is 431 g/mol. The molecule has 0 saturated heterocycles.